The fraction of sp³-hybridized carbons (Fsp3) is 0.0526. The number of nitrogens with zero attached hydrogens (tertiary/aromatic N) is 2. The first-order valence-electron chi connectivity index (χ1n) is 14.6. The lowest BCUT2D eigenvalue weighted by Crippen LogP contribution is -2.60. The zero-order chi connectivity index (χ0) is 27.9. The van der Waals surface area contributed by atoms with Crippen molar-refractivity contribution in [3.8, 4) is 17.2 Å². The van der Waals surface area contributed by atoms with Crippen LogP contribution in [-0.4, -0.2) is 11.3 Å². The third-order valence-corrected chi connectivity index (χ3v) is 8.98. The summed E-state index contributed by atoms with van der Waals surface area (Å²) in [6.07, 6.45) is 0. The van der Waals surface area contributed by atoms with Gasteiger partial charge in [-0.2, -0.15) is 0 Å². The Balaban J connectivity index is 1.41. The van der Waals surface area contributed by atoms with E-state index in [2.05, 4.69) is 151 Å². The number of fused-ring (bicyclic) bond motifs is 7. The predicted molar refractivity (Wildman–Crippen MR) is 176 cm³/mol. The van der Waals surface area contributed by atoms with E-state index in [1.807, 2.05) is 0 Å². The Hall–Kier alpha value is -5.22. The van der Waals surface area contributed by atoms with Crippen molar-refractivity contribution in [2.24, 2.45) is 0 Å². The van der Waals surface area contributed by atoms with Gasteiger partial charge >= 0.3 is 0 Å². The number of para-hydroxylation sites is 4. The third-order valence-electron chi connectivity index (χ3n) is 8.98. The summed E-state index contributed by atoms with van der Waals surface area (Å²) in [7, 11) is 0. The summed E-state index contributed by atoms with van der Waals surface area (Å²) in [5, 5.41) is 2.50. The summed E-state index contributed by atoms with van der Waals surface area (Å²) in [4.78, 5) is 2.42. The fourth-order valence-corrected chi connectivity index (χ4v) is 7.38. The molecule has 9 rings (SSSR count). The first-order chi connectivity index (χ1) is 20.7. The average molecular weight is 538 g/mol. The van der Waals surface area contributed by atoms with E-state index in [0.717, 1.165) is 28.6 Å². The Morgan fingerprint density at radius 1 is 0.548 bits per heavy atom. The van der Waals surface area contributed by atoms with E-state index in [1.54, 1.807) is 0 Å². The van der Waals surface area contributed by atoms with Crippen LogP contribution in [0.15, 0.2) is 127 Å². The highest BCUT2D eigenvalue weighted by Gasteiger charge is 2.43. The van der Waals surface area contributed by atoms with Gasteiger partial charge in [0.25, 0.3) is 6.71 Å². The monoisotopic (exact) mass is 538 g/mol. The van der Waals surface area contributed by atoms with Crippen LogP contribution in [0.3, 0.4) is 0 Å². The molecule has 0 atom stereocenters. The van der Waals surface area contributed by atoms with Gasteiger partial charge < -0.3 is 14.2 Å². The van der Waals surface area contributed by atoms with Gasteiger partial charge in [0.1, 0.15) is 11.5 Å². The molecule has 7 aromatic rings. The summed E-state index contributed by atoms with van der Waals surface area (Å²) in [6, 6.07) is 46.1. The van der Waals surface area contributed by atoms with Crippen molar-refractivity contribution in [1.82, 2.24) is 4.57 Å². The largest absolute Gasteiger partial charge is 0.458 e. The Bertz CT molecular complexity index is 2160. The molecule has 0 spiro atoms. The van der Waals surface area contributed by atoms with Crippen molar-refractivity contribution in [3.05, 3.63) is 139 Å². The number of ether oxygens (including phenoxy) is 1. The Morgan fingerprint density at radius 2 is 1.19 bits per heavy atom. The molecule has 4 heteroatoms. The molecule has 0 N–H and O–H groups in total. The van der Waals surface area contributed by atoms with Crippen molar-refractivity contribution < 1.29 is 4.74 Å². The van der Waals surface area contributed by atoms with E-state index in [0.29, 0.717) is 0 Å². The molecule has 0 aliphatic carbocycles. The highest BCUT2D eigenvalue weighted by Crippen LogP contribution is 2.43. The molecule has 1 aromatic heterocycles. The Kier molecular flexibility index (Phi) is 4.83. The SMILES string of the molecule is Cc1cc(C)c2c(c1)Oc1cc(-n3c4ccccc4c4ccccc43)cc3c1B2c1ccccc1N3c1ccccc1. The zero-order valence-electron chi connectivity index (χ0n) is 23.5. The van der Waals surface area contributed by atoms with Crippen LogP contribution < -0.4 is 26.0 Å². The van der Waals surface area contributed by atoms with Crippen LogP contribution in [-0.2, 0) is 0 Å². The molecule has 0 bridgehead atoms. The first-order valence-corrected chi connectivity index (χ1v) is 14.6. The van der Waals surface area contributed by atoms with E-state index in [1.165, 1.54) is 55.0 Å². The van der Waals surface area contributed by atoms with E-state index in [9.17, 15) is 0 Å². The molecular formula is C38H27BN2O. The molecule has 0 unspecified atom stereocenters. The minimum absolute atomic E-state index is 0.0858. The quantitative estimate of drug-likeness (QED) is 0.209. The van der Waals surface area contributed by atoms with E-state index in [-0.39, 0.29) is 6.71 Å². The molecule has 3 heterocycles. The fourth-order valence-electron chi connectivity index (χ4n) is 7.38. The minimum atomic E-state index is 0.0858. The maximum atomic E-state index is 6.91. The molecule has 0 amide bonds. The molecule has 0 radical (unpaired) electrons. The van der Waals surface area contributed by atoms with Crippen molar-refractivity contribution in [3.63, 3.8) is 0 Å². The molecule has 198 valence electrons. The van der Waals surface area contributed by atoms with Crippen LogP contribution in [0.5, 0.6) is 11.5 Å². The predicted octanol–water partition coefficient (Wildman–Crippen LogP) is 7.81. The molecule has 2 aliphatic heterocycles. The maximum Gasteiger partial charge on any atom is 0.256 e. The van der Waals surface area contributed by atoms with Crippen molar-refractivity contribution in [2.75, 3.05) is 4.90 Å². The number of benzene rings is 6. The van der Waals surface area contributed by atoms with Crippen molar-refractivity contribution >= 4 is 62.0 Å². The van der Waals surface area contributed by atoms with Gasteiger partial charge in [0.2, 0.25) is 0 Å². The van der Waals surface area contributed by atoms with Crippen LogP contribution in [0.2, 0.25) is 0 Å². The van der Waals surface area contributed by atoms with Crippen LogP contribution in [0, 0.1) is 13.8 Å². The lowest BCUT2D eigenvalue weighted by molar-refractivity contribution is 0.486. The molecule has 3 nitrogen and oxygen atoms in total. The van der Waals surface area contributed by atoms with Gasteiger partial charge in [-0.15, -0.1) is 0 Å². The number of rotatable bonds is 2. The second-order valence-electron chi connectivity index (χ2n) is 11.5. The summed E-state index contributed by atoms with van der Waals surface area (Å²) in [5.41, 5.74) is 13.2. The molecule has 0 fully saturated rings. The third kappa shape index (κ3) is 3.18. The van der Waals surface area contributed by atoms with E-state index >= 15 is 0 Å². The second-order valence-corrected chi connectivity index (χ2v) is 11.5. The summed E-state index contributed by atoms with van der Waals surface area (Å²) in [6.45, 7) is 4.46. The second kappa shape index (κ2) is 8.64. The smallest absolute Gasteiger partial charge is 0.256 e. The van der Waals surface area contributed by atoms with E-state index in [4.69, 9.17) is 4.74 Å². The van der Waals surface area contributed by atoms with Gasteiger partial charge in [0, 0.05) is 33.9 Å². The number of aryl methyl sites for hydroxylation is 2. The number of hydrogen-bond donors (Lipinski definition) is 0. The molecule has 6 aromatic carbocycles. The van der Waals surface area contributed by atoms with E-state index < -0.39 is 0 Å². The van der Waals surface area contributed by atoms with Crippen molar-refractivity contribution in [2.45, 2.75) is 13.8 Å². The lowest BCUT2D eigenvalue weighted by atomic mass is 9.33. The zero-order valence-corrected chi connectivity index (χ0v) is 23.5. The number of hydrogen-bond acceptors (Lipinski definition) is 2. The van der Waals surface area contributed by atoms with Gasteiger partial charge in [0.05, 0.1) is 16.7 Å². The standard InChI is InChI=1S/C38H27BN2O/c1-24-20-25(2)37-35(21-24)42-36-23-27(41-31-17-9-6-14-28(31)29-15-7-10-18-32(29)41)22-34-38(36)39(37)30-16-8-11-19-33(30)40(34)26-12-4-3-5-13-26/h3-23H,1-2H3. The van der Waals surface area contributed by atoms with Gasteiger partial charge in [-0.05, 0) is 78.3 Å². The molecule has 0 saturated carbocycles. The highest BCUT2D eigenvalue weighted by atomic mass is 16.5. The van der Waals surface area contributed by atoms with Gasteiger partial charge in [-0.1, -0.05) is 84.4 Å². The Morgan fingerprint density at radius 3 is 1.95 bits per heavy atom. The number of aromatic nitrogens is 1. The molecule has 2 aliphatic rings. The van der Waals surface area contributed by atoms with Crippen LogP contribution >= 0.6 is 0 Å². The summed E-state index contributed by atoms with van der Waals surface area (Å²) in [5.74, 6) is 1.88. The normalized spacial score (nSPS) is 13.1. The Labute approximate surface area is 245 Å². The molecular weight excluding hydrogens is 511 g/mol. The van der Waals surface area contributed by atoms with Gasteiger partial charge in [-0.25, -0.2) is 0 Å². The summed E-state index contributed by atoms with van der Waals surface area (Å²) >= 11 is 0. The minimum Gasteiger partial charge on any atom is -0.458 e. The topological polar surface area (TPSA) is 17.4 Å². The first kappa shape index (κ1) is 23.5. The van der Waals surface area contributed by atoms with Gasteiger partial charge in [-0.3, -0.25) is 0 Å². The van der Waals surface area contributed by atoms with Gasteiger partial charge in [0.15, 0.2) is 0 Å². The summed E-state index contributed by atoms with van der Waals surface area (Å²) < 4.78 is 9.30. The van der Waals surface area contributed by atoms with Crippen molar-refractivity contribution in [1.29, 1.82) is 0 Å². The number of anilines is 3. The highest BCUT2D eigenvalue weighted by molar-refractivity contribution is 6.99. The van der Waals surface area contributed by atoms with Crippen LogP contribution in [0.25, 0.3) is 27.5 Å². The van der Waals surface area contributed by atoms with Crippen LogP contribution in [0.1, 0.15) is 11.1 Å². The molecule has 42 heavy (non-hydrogen) atoms. The maximum absolute atomic E-state index is 6.91. The lowest BCUT2D eigenvalue weighted by Gasteiger charge is -2.40. The molecule has 0 saturated heterocycles. The van der Waals surface area contributed by atoms with Crippen LogP contribution in [0.4, 0.5) is 17.1 Å². The average Bonchev–Trinajstić information content (AvgIpc) is 3.35.